The van der Waals surface area contributed by atoms with Crippen LogP contribution in [0.25, 0.3) is 0 Å². The molecule has 1 fully saturated rings. The topological polar surface area (TPSA) is 173 Å². The molecule has 3 aliphatic rings. The van der Waals surface area contributed by atoms with E-state index in [9.17, 15) is 30.0 Å². The number of carboxylic acids is 1. The summed E-state index contributed by atoms with van der Waals surface area (Å²) in [4.78, 5) is 22.0. The Morgan fingerprint density at radius 2 is 1.73 bits per heavy atom. The summed E-state index contributed by atoms with van der Waals surface area (Å²) in [5, 5.41) is 41.3. The second-order valence-electron chi connectivity index (χ2n) is 8.92. The van der Waals surface area contributed by atoms with Gasteiger partial charge in [0.05, 0.1) is 32.0 Å². The van der Waals surface area contributed by atoms with E-state index in [1.807, 2.05) is 18.2 Å². The van der Waals surface area contributed by atoms with Gasteiger partial charge in [0.25, 0.3) is 0 Å². The normalized spacial score (nSPS) is 29.6. The first kappa shape index (κ1) is 25.1. The van der Waals surface area contributed by atoms with E-state index in [0.29, 0.717) is 18.1 Å². The Bertz CT molecular complexity index is 1180. The van der Waals surface area contributed by atoms with Crippen molar-refractivity contribution in [3.63, 3.8) is 0 Å². The Hall–Kier alpha value is -3.58. The van der Waals surface area contributed by atoms with Crippen LogP contribution in [0.2, 0.25) is 0 Å². The van der Waals surface area contributed by atoms with Crippen LogP contribution >= 0.6 is 0 Å². The van der Waals surface area contributed by atoms with Crippen molar-refractivity contribution in [2.75, 3.05) is 20.3 Å². The van der Waals surface area contributed by atoms with Crippen LogP contribution < -0.4 is 24.1 Å². The highest BCUT2D eigenvalue weighted by Gasteiger charge is 2.46. The Kier molecular flexibility index (Phi) is 6.82. The fourth-order valence-corrected chi connectivity index (χ4v) is 4.65. The van der Waals surface area contributed by atoms with Gasteiger partial charge in [-0.15, -0.1) is 0 Å². The summed E-state index contributed by atoms with van der Waals surface area (Å²) >= 11 is 0. The predicted octanol–water partition coefficient (Wildman–Crippen LogP) is -0.825. The highest BCUT2D eigenvalue weighted by atomic mass is 16.7. The zero-order chi connectivity index (χ0) is 26.3. The Balaban J connectivity index is 1.28. The van der Waals surface area contributed by atoms with E-state index in [4.69, 9.17) is 28.4 Å². The molecule has 3 N–H and O–H groups in total. The maximum absolute atomic E-state index is 11.5. The molecule has 0 amide bonds. The third-order valence-corrected chi connectivity index (χ3v) is 6.57. The van der Waals surface area contributed by atoms with Crippen molar-refractivity contribution in [2.45, 2.75) is 49.1 Å². The number of fused-ring (bicyclic) bond motifs is 5. The number of carbonyl (C=O) groups is 2. The van der Waals surface area contributed by atoms with E-state index in [2.05, 4.69) is 0 Å². The van der Waals surface area contributed by atoms with Gasteiger partial charge in [-0.25, -0.2) is 0 Å². The molecule has 0 aliphatic carbocycles. The first-order chi connectivity index (χ1) is 17.7. The lowest BCUT2D eigenvalue weighted by Crippen LogP contribution is -2.60. The van der Waals surface area contributed by atoms with Crippen molar-refractivity contribution in [2.24, 2.45) is 0 Å². The summed E-state index contributed by atoms with van der Waals surface area (Å²) in [7, 11) is 1.59. The number of aliphatic hydroxyl groups is 3. The molecule has 2 aromatic carbocycles. The predicted molar refractivity (Wildman–Crippen MR) is 119 cm³/mol. The minimum atomic E-state index is -1.68. The average molecular weight is 517 g/mol. The summed E-state index contributed by atoms with van der Waals surface area (Å²) in [5.41, 5.74) is 1.83. The van der Waals surface area contributed by atoms with Crippen molar-refractivity contribution in [1.82, 2.24) is 0 Å². The molecule has 0 radical (unpaired) electrons. The number of hydrogen-bond donors (Lipinski definition) is 3. The number of carbonyl (C=O) groups excluding carboxylic acids is 2. The van der Waals surface area contributed by atoms with E-state index in [1.165, 1.54) is 0 Å². The number of rotatable bonds is 7. The van der Waals surface area contributed by atoms with Gasteiger partial charge in [0.2, 0.25) is 6.29 Å². The maximum Gasteiger partial charge on any atom is 0.311 e. The SMILES string of the molecule is COc1ccc2c(c1)O[C@H]1c3ccc(O[C@@H]4O[C@H](COC(=O)CC(=O)[O-])[C@@H](O)[C@H](O)[C@H]4O)cc3OC[C@@H]21. The number of carboxylic acid groups (broad SMARTS) is 1. The van der Waals surface area contributed by atoms with Gasteiger partial charge >= 0.3 is 5.97 Å². The second-order valence-corrected chi connectivity index (χ2v) is 8.92. The fourth-order valence-electron chi connectivity index (χ4n) is 4.65. The molecule has 0 bridgehead atoms. The van der Waals surface area contributed by atoms with Crippen LogP contribution in [-0.4, -0.2) is 78.3 Å². The molecule has 5 rings (SSSR count). The molecule has 198 valence electrons. The Labute approximate surface area is 210 Å². The van der Waals surface area contributed by atoms with Crippen molar-refractivity contribution in [3.05, 3.63) is 47.5 Å². The number of ether oxygens (including phenoxy) is 6. The first-order valence-corrected chi connectivity index (χ1v) is 11.6. The zero-order valence-corrected chi connectivity index (χ0v) is 19.6. The van der Waals surface area contributed by atoms with E-state index >= 15 is 0 Å². The van der Waals surface area contributed by atoms with Crippen molar-refractivity contribution in [3.8, 4) is 23.0 Å². The molecule has 0 aromatic heterocycles. The quantitative estimate of drug-likeness (QED) is 0.308. The molecule has 2 aromatic rings. The van der Waals surface area contributed by atoms with Crippen LogP contribution in [0.3, 0.4) is 0 Å². The summed E-state index contributed by atoms with van der Waals surface area (Å²) < 4.78 is 33.5. The monoisotopic (exact) mass is 517 g/mol. The van der Waals surface area contributed by atoms with Crippen LogP contribution in [0.1, 0.15) is 29.6 Å². The number of methoxy groups -OCH3 is 1. The van der Waals surface area contributed by atoms with Gasteiger partial charge in [-0.1, -0.05) is 6.07 Å². The van der Waals surface area contributed by atoms with Gasteiger partial charge in [0, 0.05) is 23.3 Å². The van der Waals surface area contributed by atoms with E-state index in [1.54, 1.807) is 25.3 Å². The molecule has 37 heavy (non-hydrogen) atoms. The summed E-state index contributed by atoms with van der Waals surface area (Å²) in [6.45, 7) is -0.205. The second kappa shape index (κ2) is 10.1. The van der Waals surface area contributed by atoms with Gasteiger partial charge in [0.1, 0.15) is 60.1 Å². The van der Waals surface area contributed by atoms with Crippen molar-refractivity contribution in [1.29, 1.82) is 0 Å². The van der Waals surface area contributed by atoms with Crippen LogP contribution in [0, 0.1) is 0 Å². The molecular weight excluding hydrogens is 492 g/mol. The molecule has 12 heteroatoms. The van der Waals surface area contributed by atoms with Gasteiger partial charge in [-0.3, -0.25) is 4.79 Å². The van der Waals surface area contributed by atoms with Gasteiger partial charge in [-0.2, -0.15) is 0 Å². The van der Waals surface area contributed by atoms with Crippen LogP contribution in [0.5, 0.6) is 23.0 Å². The minimum Gasteiger partial charge on any atom is -0.550 e. The van der Waals surface area contributed by atoms with E-state index < -0.39 is 55.7 Å². The molecule has 0 saturated carbocycles. The highest BCUT2D eigenvalue weighted by molar-refractivity contribution is 5.89. The summed E-state index contributed by atoms with van der Waals surface area (Å²) in [6.07, 6.45) is -8.90. The van der Waals surface area contributed by atoms with Gasteiger partial charge in [-0.05, 0) is 18.2 Å². The zero-order valence-electron chi connectivity index (χ0n) is 19.6. The molecule has 0 spiro atoms. The van der Waals surface area contributed by atoms with Crippen LogP contribution in [0.4, 0.5) is 0 Å². The fraction of sp³-hybridized carbons (Fsp3) is 0.440. The lowest BCUT2D eigenvalue weighted by Gasteiger charge is -2.40. The van der Waals surface area contributed by atoms with E-state index in [-0.39, 0.29) is 17.8 Å². The highest BCUT2D eigenvalue weighted by Crippen LogP contribution is 2.52. The minimum absolute atomic E-state index is 0.000635. The first-order valence-electron chi connectivity index (χ1n) is 11.6. The average Bonchev–Trinajstić information content (AvgIpc) is 3.25. The Morgan fingerprint density at radius 1 is 1.00 bits per heavy atom. The summed E-state index contributed by atoms with van der Waals surface area (Å²) in [5.74, 6) is -0.558. The van der Waals surface area contributed by atoms with Crippen molar-refractivity contribution < 1.29 is 58.4 Å². The van der Waals surface area contributed by atoms with Gasteiger partial charge in [0.15, 0.2) is 0 Å². The molecule has 3 aliphatic heterocycles. The number of esters is 1. The number of benzene rings is 2. The maximum atomic E-state index is 11.5. The number of aliphatic hydroxyl groups excluding tert-OH is 3. The molecular formula is C25H25O12-. The number of hydrogen-bond acceptors (Lipinski definition) is 12. The molecule has 7 atom stereocenters. The summed E-state index contributed by atoms with van der Waals surface area (Å²) in [6, 6.07) is 10.7. The smallest absolute Gasteiger partial charge is 0.311 e. The molecule has 3 heterocycles. The largest absolute Gasteiger partial charge is 0.550 e. The van der Waals surface area contributed by atoms with Gasteiger partial charge < -0.3 is 53.6 Å². The number of aliphatic carboxylic acids is 1. The lowest BCUT2D eigenvalue weighted by molar-refractivity contribution is -0.305. The lowest BCUT2D eigenvalue weighted by atomic mass is 9.89. The molecule has 1 saturated heterocycles. The molecule has 12 nitrogen and oxygen atoms in total. The van der Waals surface area contributed by atoms with Crippen molar-refractivity contribution >= 4 is 11.9 Å². The standard InChI is InChI=1S/C25H26O12/c1-32-11-2-4-13-15-9-33-16-7-12(3-5-14(16)24(15)36-17(13)6-11)35-25-23(31)22(30)21(29)18(37-25)10-34-20(28)8-19(26)27/h2-7,15,18,21-25,29-31H,8-10H2,1H3,(H,26,27)/p-1/t15-,18+,21+,22-,23+,24-,25+/m0/s1. The third kappa shape index (κ3) is 4.88. The molecule has 0 unspecified atom stereocenters. The Morgan fingerprint density at radius 3 is 2.49 bits per heavy atom. The van der Waals surface area contributed by atoms with E-state index in [0.717, 1.165) is 16.9 Å². The third-order valence-electron chi connectivity index (χ3n) is 6.57. The van der Waals surface area contributed by atoms with Crippen LogP contribution in [0.15, 0.2) is 36.4 Å². The van der Waals surface area contributed by atoms with Crippen LogP contribution in [-0.2, 0) is 19.1 Å².